The highest BCUT2D eigenvalue weighted by Gasteiger charge is 2.30. The van der Waals surface area contributed by atoms with Gasteiger partial charge < -0.3 is 9.30 Å². The largest absolute Gasteiger partial charge is 0.465 e. The molecule has 1 aromatic heterocycles. The van der Waals surface area contributed by atoms with Crippen LogP contribution in [-0.2, 0) is 30.9 Å². The number of thiazole rings is 1. The Kier molecular flexibility index (Phi) is 6.31. The molecule has 0 bridgehead atoms. The maximum atomic E-state index is 12.8. The quantitative estimate of drug-likeness (QED) is 0.674. The lowest BCUT2D eigenvalue weighted by atomic mass is 9.99. The highest BCUT2D eigenvalue weighted by molar-refractivity contribution is 7.88. The molecule has 10 heteroatoms. The predicted octanol–water partition coefficient (Wildman–Crippen LogP) is 1.36. The van der Waals surface area contributed by atoms with Gasteiger partial charge in [0.15, 0.2) is 4.80 Å². The normalized spacial score (nSPS) is 19.1. The fourth-order valence-electron chi connectivity index (χ4n) is 3.23. The SMILES string of the molecule is CCOC(=O)Cn1c(=NC(=O)C2CCCN(S(C)(=O)=O)C2)sc2ccccc21. The number of piperidine rings is 1. The van der Waals surface area contributed by atoms with Gasteiger partial charge in [-0.05, 0) is 31.9 Å². The Labute approximate surface area is 167 Å². The van der Waals surface area contributed by atoms with E-state index in [1.54, 1.807) is 11.5 Å². The van der Waals surface area contributed by atoms with Crippen LogP contribution in [-0.4, -0.2) is 55.1 Å². The fraction of sp³-hybridized carbons (Fsp3) is 0.500. The average Bonchev–Trinajstić information content (AvgIpc) is 2.98. The monoisotopic (exact) mass is 425 g/mol. The van der Waals surface area contributed by atoms with Crippen LogP contribution in [0.4, 0.5) is 0 Å². The Morgan fingerprint density at radius 1 is 1.32 bits per heavy atom. The number of carbonyl (C=O) groups is 2. The third kappa shape index (κ3) is 4.68. The molecule has 0 spiro atoms. The number of hydrogen-bond acceptors (Lipinski definition) is 6. The van der Waals surface area contributed by atoms with Crippen molar-refractivity contribution in [1.29, 1.82) is 0 Å². The topological polar surface area (TPSA) is 98.0 Å². The number of sulfonamides is 1. The van der Waals surface area contributed by atoms with Gasteiger partial charge in [0.2, 0.25) is 10.0 Å². The summed E-state index contributed by atoms with van der Waals surface area (Å²) in [4.78, 5) is 29.5. The minimum absolute atomic E-state index is 0.0376. The van der Waals surface area contributed by atoms with Gasteiger partial charge in [0, 0.05) is 13.1 Å². The zero-order chi connectivity index (χ0) is 20.3. The highest BCUT2D eigenvalue weighted by atomic mass is 32.2. The summed E-state index contributed by atoms with van der Waals surface area (Å²) in [6, 6.07) is 7.50. The summed E-state index contributed by atoms with van der Waals surface area (Å²) in [5.74, 6) is -1.25. The number of fused-ring (bicyclic) bond motifs is 1. The molecule has 0 aliphatic carbocycles. The van der Waals surface area contributed by atoms with E-state index in [0.717, 1.165) is 16.5 Å². The predicted molar refractivity (Wildman–Crippen MR) is 106 cm³/mol. The van der Waals surface area contributed by atoms with E-state index in [-0.39, 0.29) is 25.6 Å². The van der Waals surface area contributed by atoms with Crippen LogP contribution in [0.1, 0.15) is 19.8 Å². The molecule has 2 aromatic rings. The summed E-state index contributed by atoms with van der Waals surface area (Å²) in [5, 5.41) is 0. The molecule has 0 radical (unpaired) electrons. The molecule has 0 saturated carbocycles. The molecular formula is C18H23N3O5S2. The summed E-state index contributed by atoms with van der Waals surface area (Å²) in [7, 11) is -3.34. The molecule has 1 aliphatic heterocycles. The Morgan fingerprint density at radius 2 is 2.07 bits per heavy atom. The molecule has 1 amide bonds. The lowest BCUT2D eigenvalue weighted by molar-refractivity contribution is -0.143. The van der Waals surface area contributed by atoms with Crippen LogP contribution >= 0.6 is 11.3 Å². The van der Waals surface area contributed by atoms with Crippen molar-refractivity contribution < 1.29 is 22.7 Å². The minimum atomic E-state index is -3.34. The molecule has 1 aromatic carbocycles. The van der Waals surface area contributed by atoms with Gasteiger partial charge in [-0.1, -0.05) is 23.5 Å². The van der Waals surface area contributed by atoms with E-state index in [1.807, 2.05) is 24.3 Å². The van der Waals surface area contributed by atoms with Crippen molar-refractivity contribution in [2.75, 3.05) is 26.0 Å². The van der Waals surface area contributed by atoms with Gasteiger partial charge in [0.05, 0.1) is 29.0 Å². The number of esters is 1. The number of nitrogens with zero attached hydrogens (tertiary/aromatic N) is 3. The molecular weight excluding hydrogens is 402 g/mol. The lowest BCUT2D eigenvalue weighted by Gasteiger charge is -2.28. The van der Waals surface area contributed by atoms with Crippen molar-refractivity contribution in [3.8, 4) is 0 Å². The first-order valence-electron chi connectivity index (χ1n) is 9.07. The smallest absolute Gasteiger partial charge is 0.326 e. The molecule has 2 heterocycles. The van der Waals surface area contributed by atoms with Crippen LogP contribution in [0.5, 0.6) is 0 Å². The summed E-state index contributed by atoms with van der Waals surface area (Å²) in [6.45, 7) is 2.54. The number of amides is 1. The molecule has 152 valence electrons. The third-order valence-corrected chi connectivity index (χ3v) is 6.92. The first-order chi connectivity index (χ1) is 13.3. The number of benzene rings is 1. The molecule has 3 rings (SSSR count). The van der Waals surface area contributed by atoms with Crippen LogP contribution in [0.2, 0.25) is 0 Å². The zero-order valence-corrected chi connectivity index (χ0v) is 17.5. The van der Waals surface area contributed by atoms with E-state index in [2.05, 4.69) is 4.99 Å². The van der Waals surface area contributed by atoms with E-state index in [1.165, 1.54) is 15.6 Å². The summed E-state index contributed by atoms with van der Waals surface area (Å²) < 4.78 is 32.5. The van der Waals surface area contributed by atoms with Gasteiger partial charge in [0.1, 0.15) is 6.54 Å². The molecule has 1 aliphatic rings. The van der Waals surface area contributed by atoms with Crippen LogP contribution in [0.25, 0.3) is 10.2 Å². The summed E-state index contributed by atoms with van der Waals surface area (Å²) >= 11 is 1.32. The molecule has 0 N–H and O–H groups in total. The van der Waals surface area contributed by atoms with Crippen molar-refractivity contribution in [1.82, 2.24) is 8.87 Å². The maximum absolute atomic E-state index is 12.8. The van der Waals surface area contributed by atoms with E-state index in [0.29, 0.717) is 24.2 Å². The number of rotatable bonds is 5. The molecule has 1 atom stereocenters. The van der Waals surface area contributed by atoms with Gasteiger partial charge in [-0.2, -0.15) is 4.99 Å². The van der Waals surface area contributed by atoms with Gasteiger partial charge in [-0.25, -0.2) is 12.7 Å². The fourth-order valence-corrected chi connectivity index (χ4v) is 5.17. The lowest BCUT2D eigenvalue weighted by Crippen LogP contribution is -2.41. The van der Waals surface area contributed by atoms with Crippen LogP contribution in [0.3, 0.4) is 0 Å². The standard InChI is InChI=1S/C18H23N3O5S2/c1-3-26-16(22)12-21-14-8-4-5-9-15(14)27-18(21)19-17(23)13-7-6-10-20(11-13)28(2,24)25/h4-5,8-9,13H,3,6-7,10-12H2,1-2H3. The van der Waals surface area contributed by atoms with Crippen molar-refractivity contribution in [3.05, 3.63) is 29.1 Å². The average molecular weight is 426 g/mol. The Hall–Kier alpha value is -2.04. The van der Waals surface area contributed by atoms with E-state index in [4.69, 9.17) is 4.74 Å². The van der Waals surface area contributed by atoms with Crippen molar-refractivity contribution >= 4 is 43.5 Å². The number of ether oxygens (including phenoxy) is 1. The first-order valence-corrected chi connectivity index (χ1v) is 11.7. The maximum Gasteiger partial charge on any atom is 0.326 e. The Balaban J connectivity index is 1.94. The second-order valence-electron chi connectivity index (χ2n) is 6.65. The number of para-hydroxylation sites is 1. The number of carbonyl (C=O) groups excluding carboxylic acids is 2. The van der Waals surface area contributed by atoms with Gasteiger partial charge in [-0.3, -0.25) is 9.59 Å². The summed E-state index contributed by atoms with van der Waals surface area (Å²) in [6.07, 6.45) is 2.36. The highest BCUT2D eigenvalue weighted by Crippen LogP contribution is 2.21. The number of hydrogen-bond donors (Lipinski definition) is 0. The third-order valence-electron chi connectivity index (χ3n) is 4.59. The van der Waals surface area contributed by atoms with Gasteiger partial charge in [-0.15, -0.1) is 0 Å². The van der Waals surface area contributed by atoms with Crippen LogP contribution in [0.15, 0.2) is 29.3 Å². The molecule has 8 nitrogen and oxygen atoms in total. The summed E-state index contributed by atoms with van der Waals surface area (Å²) in [5.41, 5.74) is 0.800. The molecule has 28 heavy (non-hydrogen) atoms. The van der Waals surface area contributed by atoms with Crippen LogP contribution < -0.4 is 4.80 Å². The minimum Gasteiger partial charge on any atom is -0.465 e. The molecule has 1 fully saturated rings. The first kappa shape index (κ1) is 20.7. The molecule has 1 saturated heterocycles. The van der Waals surface area contributed by atoms with Crippen molar-refractivity contribution in [3.63, 3.8) is 0 Å². The molecule has 1 unspecified atom stereocenters. The second-order valence-corrected chi connectivity index (χ2v) is 9.65. The van der Waals surface area contributed by atoms with Crippen molar-refractivity contribution in [2.45, 2.75) is 26.3 Å². The zero-order valence-electron chi connectivity index (χ0n) is 15.8. The Morgan fingerprint density at radius 3 is 2.79 bits per heavy atom. The van der Waals surface area contributed by atoms with Crippen molar-refractivity contribution in [2.24, 2.45) is 10.9 Å². The van der Waals surface area contributed by atoms with Gasteiger partial charge in [0.25, 0.3) is 5.91 Å². The van der Waals surface area contributed by atoms with Crippen LogP contribution in [0, 0.1) is 5.92 Å². The number of aromatic nitrogens is 1. The van der Waals surface area contributed by atoms with E-state index >= 15 is 0 Å². The second kappa shape index (κ2) is 8.54. The van der Waals surface area contributed by atoms with E-state index < -0.39 is 21.9 Å². The van der Waals surface area contributed by atoms with E-state index in [9.17, 15) is 18.0 Å². The Bertz CT molecular complexity index is 1050. The van der Waals surface area contributed by atoms with Gasteiger partial charge >= 0.3 is 5.97 Å².